The molecule has 2 aromatic carbocycles. The van der Waals surface area contributed by atoms with Gasteiger partial charge >= 0.3 is 0 Å². The Morgan fingerprint density at radius 2 is 1.74 bits per heavy atom. The summed E-state index contributed by atoms with van der Waals surface area (Å²) >= 11 is 0. The number of hydrogen-bond acceptors (Lipinski definition) is 5. The molecule has 0 saturated carbocycles. The number of nitrogens with zero attached hydrogens (tertiary/aromatic N) is 4. The van der Waals surface area contributed by atoms with Gasteiger partial charge in [-0.1, -0.05) is 30.3 Å². The van der Waals surface area contributed by atoms with Crippen molar-refractivity contribution in [1.82, 2.24) is 19.9 Å². The normalized spacial score (nSPS) is 12.0. The van der Waals surface area contributed by atoms with Crippen molar-refractivity contribution in [2.75, 3.05) is 24.3 Å². The van der Waals surface area contributed by atoms with Crippen LogP contribution in [-0.2, 0) is 0 Å². The van der Waals surface area contributed by atoms with Gasteiger partial charge in [0, 0.05) is 55.2 Å². The van der Waals surface area contributed by atoms with Crippen LogP contribution in [0.1, 0.15) is 24.4 Å². The van der Waals surface area contributed by atoms with Gasteiger partial charge in [0.15, 0.2) is 0 Å². The summed E-state index contributed by atoms with van der Waals surface area (Å²) in [7, 11) is 3.99. The molecule has 0 fully saturated rings. The van der Waals surface area contributed by atoms with E-state index in [2.05, 4.69) is 86.8 Å². The van der Waals surface area contributed by atoms with E-state index in [4.69, 9.17) is 0 Å². The molecule has 34 heavy (non-hydrogen) atoms. The van der Waals surface area contributed by atoms with Crippen LogP contribution in [0.5, 0.6) is 0 Å². The first-order valence-electron chi connectivity index (χ1n) is 11.4. The summed E-state index contributed by atoms with van der Waals surface area (Å²) in [5.74, 6) is 2.49. The Labute approximate surface area is 199 Å². The Morgan fingerprint density at radius 3 is 2.53 bits per heavy atom. The monoisotopic (exact) mass is 448 g/mol. The predicted octanol–water partition coefficient (Wildman–Crippen LogP) is 6.23. The van der Waals surface area contributed by atoms with Crippen LogP contribution in [0.2, 0.25) is 0 Å². The smallest absolute Gasteiger partial charge is 0.130 e. The number of nitrogens with one attached hydrogen (secondary N) is 2. The fourth-order valence-corrected chi connectivity index (χ4v) is 4.11. The van der Waals surface area contributed by atoms with Gasteiger partial charge in [0.2, 0.25) is 0 Å². The third kappa shape index (κ3) is 4.48. The molecule has 5 aromatic rings. The molecule has 5 rings (SSSR count). The van der Waals surface area contributed by atoms with Gasteiger partial charge in [0.1, 0.15) is 17.5 Å². The van der Waals surface area contributed by atoms with E-state index in [1.54, 1.807) is 0 Å². The number of aromatic amines is 1. The second-order valence-electron chi connectivity index (χ2n) is 8.76. The predicted molar refractivity (Wildman–Crippen MR) is 140 cm³/mol. The zero-order valence-corrected chi connectivity index (χ0v) is 19.9. The lowest BCUT2D eigenvalue weighted by Crippen LogP contribution is -2.10. The maximum Gasteiger partial charge on any atom is 0.130 e. The van der Waals surface area contributed by atoms with Gasteiger partial charge < -0.3 is 15.2 Å². The van der Waals surface area contributed by atoms with Crippen LogP contribution >= 0.6 is 0 Å². The highest BCUT2D eigenvalue weighted by Gasteiger charge is 2.11. The standard InChI is InChI=1S/C28H28N6/c1-18(21-6-5-7-22(14-21)24-10-11-28(30-17-24)34(3)4)31-27-16-26(32-19(2)33-27)23-9-8-20-12-13-29-25(20)15-23/h5-18,29H,1-4H3,(H,31,32,33). The third-order valence-electron chi connectivity index (χ3n) is 5.98. The van der Waals surface area contributed by atoms with Crippen molar-refractivity contribution in [3.8, 4) is 22.4 Å². The van der Waals surface area contributed by atoms with Gasteiger partial charge in [-0.05, 0) is 60.7 Å². The van der Waals surface area contributed by atoms with E-state index in [9.17, 15) is 0 Å². The highest BCUT2D eigenvalue weighted by molar-refractivity contribution is 5.84. The van der Waals surface area contributed by atoms with E-state index in [0.717, 1.165) is 45.4 Å². The maximum absolute atomic E-state index is 4.67. The number of pyridine rings is 1. The number of fused-ring (bicyclic) bond motifs is 1. The van der Waals surface area contributed by atoms with Crippen LogP contribution in [0.25, 0.3) is 33.3 Å². The van der Waals surface area contributed by atoms with Gasteiger partial charge in [-0.2, -0.15) is 0 Å². The fourth-order valence-electron chi connectivity index (χ4n) is 4.11. The molecule has 0 aliphatic rings. The number of hydrogen-bond donors (Lipinski definition) is 2. The van der Waals surface area contributed by atoms with Crippen LogP contribution in [-0.4, -0.2) is 34.0 Å². The molecule has 6 heteroatoms. The number of anilines is 2. The van der Waals surface area contributed by atoms with Gasteiger partial charge in [-0.3, -0.25) is 0 Å². The number of aryl methyl sites for hydroxylation is 1. The SMILES string of the molecule is Cc1nc(NC(C)c2cccc(-c3ccc(N(C)C)nc3)c2)cc(-c2ccc3cc[nH]c3c2)n1. The molecule has 1 atom stereocenters. The first-order valence-corrected chi connectivity index (χ1v) is 11.4. The van der Waals surface area contributed by atoms with Crippen LogP contribution in [0, 0.1) is 6.92 Å². The lowest BCUT2D eigenvalue weighted by atomic mass is 10.0. The summed E-state index contributed by atoms with van der Waals surface area (Å²) in [5.41, 5.74) is 6.48. The first-order chi connectivity index (χ1) is 16.5. The maximum atomic E-state index is 4.67. The van der Waals surface area contributed by atoms with E-state index in [0.29, 0.717) is 0 Å². The molecular formula is C28H28N6. The Bertz CT molecular complexity index is 1440. The van der Waals surface area contributed by atoms with Crippen LogP contribution in [0.4, 0.5) is 11.6 Å². The topological polar surface area (TPSA) is 69.7 Å². The summed E-state index contributed by atoms with van der Waals surface area (Å²) in [5, 5.41) is 4.75. The average molecular weight is 449 g/mol. The van der Waals surface area contributed by atoms with Crippen molar-refractivity contribution >= 4 is 22.5 Å². The van der Waals surface area contributed by atoms with Gasteiger partial charge in [0.05, 0.1) is 5.69 Å². The van der Waals surface area contributed by atoms with Crippen molar-refractivity contribution in [2.24, 2.45) is 0 Å². The molecule has 0 radical (unpaired) electrons. The number of rotatable bonds is 6. The molecular weight excluding hydrogens is 420 g/mol. The Morgan fingerprint density at radius 1 is 0.882 bits per heavy atom. The molecule has 6 nitrogen and oxygen atoms in total. The average Bonchev–Trinajstić information content (AvgIpc) is 3.32. The van der Waals surface area contributed by atoms with E-state index in [1.807, 2.05) is 50.4 Å². The molecule has 0 spiro atoms. The lowest BCUT2D eigenvalue weighted by molar-refractivity contribution is 0.868. The Kier molecular flexibility index (Phi) is 5.72. The zero-order chi connectivity index (χ0) is 23.7. The molecule has 0 saturated heterocycles. The van der Waals surface area contributed by atoms with Gasteiger partial charge in [0.25, 0.3) is 0 Å². The first kappa shape index (κ1) is 21.6. The van der Waals surface area contributed by atoms with E-state index in [1.165, 1.54) is 10.9 Å². The molecule has 170 valence electrons. The summed E-state index contributed by atoms with van der Waals surface area (Å²) in [6, 6.07) is 23.2. The minimum Gasteiger partial charge on any atom is -0.363 e. The number of H-pyrrole nitrogens is 1. The third-order valence-corrected chi connectivity index (χ3v) is 5.98. The minimum absolute atomic E-state index is 0.0713. The molecule has 0 bridgehead atoms. The molecule has 3 aromatic heterocycles. The summed E-state index contributed by atoms with van der Waals surface area (Å²) in [4.78, 5) is 19.1. The second-order valence-corrected chi connectivity index (χ2v) is 8.76. The molecule has 0 aliphatic heterocycles. The largest absolute Gasteiger partial charge is 0.363 e. The van der Waals surface area contributed by atoms with Gasteiger partial charge in [-0.25, -0.2) is 15.0 Å². The molecule has 0 aliphatic carbocycles. The number of benzene rings is 2. The summed E-state index contributed by atoms with van der Waals surface area (Å²) in [6.07, 6.45) is 3.88. The quantitative estimate of drug-likeness (QED) is 0.322. The zero-order valence-electron chi connectivity index (χ0n) is 19.9. The molecule has 3 heterocycles. The summed E-state index contributed by atoms with van der Waals surface area (Å²) < 4.78 is 0. The lowest BCUT2D eigenvalue weighted by Gasteiger charge is -2.17. The van der Waals surface area contributed by atoms with Crippen molar-refractivity contribution in [3.05, 3.63) is 90.5 Å². The van der Waals surface area contributed by atoms with E-state index in [-0.39, 0.29) is 6.04 Å². The van der Waals surface area contributed by atoms with E-state index < -0.39 is 0 Å². The minimum atomic E-state index is 0.0713. The fraction of sp³-hybridized carbons (Fsp3) is 0.179. The van der Waals surface area contributed by atoms with Crippen LogP contribution in [0.3, 0.4) is 0 Å². The van der Waals surface area contributed by atoms with E-state index >= 15 is 0 Å². The highest BCUT2D eigenvalue weighted by Crippen LogP contribution is 2.28. The molecule has 0 amide bonds. The second kappa shape index (κ2) is 8.98. The Balaban J connectivity index is 1.39. The van der Waals surface area contributed by atoms with Crippen molar-refractivity contribution in [3.63, 3.8) is 0 Å². The van der Waals surface area contributed by atoms with Crippen molar-refractivity contribution in [2.45, 2.75) is 19.9 Å². The highest BCUT2D eigenvalue weighted by atomic mass is 15.1. The van der Waals surface area contributed by atoms with Crippen molar-refractivity contribution in [1.29, 1.82) is 0 Å². The summed E-state index contributed by atoms with van der Waals surface area (Å²) in [6.45, 7) is 4.08. The van der Waals surface area contributed by atoms with Crippen LogP contribution in [0.15, 0.2) is 79.1 Å². The molecule has 2 N–H and O–H groups in total. The van der Waals surface area contributed by atoms with Crippen molar-refractivity contribution < 1.29 is 0 Å². The number of aromatic nitrogens is 4. The van der Waals surface area contributed by atoms with Crippen LogP contribution < -0.4 is 10.2 Å². The Hall–Kier alpha value is -4.19. The molecule has 1 unspecified atom stereocenters. The van der Waals surface area contributed by atoms with Gasteiger partial charge in [-0.15, -0.1) is 0 Å².